The standard InChI is InChI=1S/C14H21FN2O/c1-17(13-5-2-4-12(15)10-13)8-7-16-11-14-6-3-9-18-14/h2,4-5,10,14,16H,3,6-9,11H2,1H3. The maximum absolute atomic E-state index is 13.1. The summed E-state index contributed by atoms with van der Waals surface area (Å²) in [7, 11) is 1.97. The summed E-state index contributed by atoms with van der Waals surface area (Å²) in [6.07, 6.45) is 2.71. The molecule has 1 aliphatic heterocycles. The molecule has 0 aromatic heterocycles. The zero-order valence-corrected chi connectivity index (χ0v) is 10.9. The molecule has 3 nitrogen and oxygen atoms in total. The van der Waals surface area contributed by atoms with Crippen LogP contribution in [0.1, 0.15) is 12.8 Å². The third-order valence-electron chi connectivity index (χ3n) is 3.27. The number of nitrogens with zero attached hydrogens (tertiary/aromatic N) is 1. The lowest BCUT2D eigenvalue weighted by molar-refractivity contribution is 0.110. The van der Waals surface area contributed by atoms with Crippen LogP contribution in [-0.2, 0) is 4.74 Å². The van der Waals surface area contributed by atoms with Crippen molar-refractivity contribution >= 4 is 5.69 Å². The normalized spacial score (nSPS) is 19.1. The van der Waals surface area contributed by atoms with Crippen LogP contribution in [0.4, 0.5) is 10.1 Å². The molecule has 0 radical (unpaired) electrons. The summed E-state index contributed by atoms with van der Waals surface area (Å²) in [5.41, 5.74) is 0.911. The Morgan fingerprint density at radius 1 is 1.50 bits per heavy atom. The Hall–Kier alpha value is -1.13. The largest absolute Gasteiger partial charge is 0.377 e. The van der Waals surface area contributed by atoms with Gasteiger partial charge in [0.05, 0.1) is 6.10 Å². The third kappa shape index (κ3) is 3.96. The Balaban J connectivity index is 1.66. The van der Waals surface area contributed by atoms with Crippen molar-refractivity contribution in [2.45, 2.75) is 18.9 Å². The van der Waals surface area contributed by atoms with Crippen molar-refractivity contribution in [2.75, 3.05) is 38.2 Å². The predicted octanol–water partition coefficient (Wildman–Crippen LogP) is 2.03. The number of halogens is 1. The fourth-order valence-electron chi connectivity index (χ4n) is 2.16. The molecule has 0 aliphatic carbocycles. The maximum atomic E-state index is 13.1. The number of benzene rings is 1. The van der Waals surface area contributed by atoms with Crippen LogP contribution in [0.5, 0.6) is 0 Å². The number of rotatable bonds is 6. The average molecular weight is 252 g/mol. The Kier molecular flexibility index (Phi) is 4.96. The van der Waals surface area contributed by atoms with Gasteiger partial charge in [-0.25, -0.2) is 4.39 Å². The monoisotopic (exact) mass is 252 g/mol. The summed E-state index contributed by atoms with van der Waals surface area (Å²) in [5.74, 6) is -0.188. The highest BCUT2D eigenvalue weighted by Crippen LogP contribution is 2.13. The molecular formula is C14H21FN2O. The van der Waals surface area contributed by atoms with E-state index in [2.05, 4.69) is 5.32 Å². The number of anilines is 1. The van der Waals surface area contributed by atoms with Gasteiger partial charge >= 0.3 is 0 Å². The molecule has 1 saturated heterocycles. The van der Waals surface area contributed by atoms with E-state index in [1.165, 1.54) is 12.5 Å². The highest BCUT2D eigenvalue weighted by atomic mass is 19.1. The quantitative estimate of drug-likeness (QED) is 0.784. The number of likely N-dealkylation sites (N-methyl/N-ethyl adjacent to an activating group) is 1. The lowest BCUT2D eigenvalue weighted by Gasteiger charge is -2.20. The van der Waals surface area contributed by atoms with Crippen LogP contribution in [-0.4, -0.2) is 39.4 Å². The Morgan fingerprint density at radius 3 is 3.11 bits per heavy atom. The molecule has 100 valence electrons. The van der Waals surface area contributed by atoms with E-state index >= 15 is 0 Å². The van der Waals surface area contributed by atoms with Crippen LogP contribution < -0.4 is 10.2 Å². The van der Waals surface area contributed by atoms with Crippen molar-refractivity contribution in [2.24, 2.45) is 0 Å². The fourth-order valence-corrected chi connectivity index (χ4v) is 2.16. The zero-order valence-electron chi connectivity index (χ0n) is 10.9. The van der Waals surface area contributed by atoms with Gasteiger partial charge in [0.1, 0.15) is 5.82 Å². The van der Waals surface area contributed by atoms with E-state index in [0.29, 0.717) is 6.10 Å². The summed E-state index contributed by atoms with van der Waals surface area (Å²) >= 11 is 0. The van der Waals surface area contributed by atoms with Crippen LogP contribution in [0.25, 0.3) is 0 Å². The number of hydrogen-bond donors (Lipinski definition) is 1. The highest BCUT2D eigenvalue weighted by Gasteiger charge is 2.14. The first-order chi connectivity index (χ1) is 8.75. The summed E-state index contributed by atoms with van der Waals surface area (Å²) in [4.78, 5) is 2.05. The Morgan fingerprint density at radius 2 is 2.39 bits per heavy atom. The molecule has 0 bridgehead atoms. The van der Waals surface area contributed by atoms with Crippen LogP contribution in [0.15, 0.2) is 24.3 Å². The Labute approximate surface area is 108 Å². The van der Waals surface area contributed by atoms with Crippen molar-refractivity contribution in [3.05, 3.63) is 30.1 Å². The van der Waals surface area contributed by atoms with E-state index in [1.807, 2.05) is 18.0 Å². The molecule has 1 aromatic carbocycles. The van der Waals surface area contributed by atoms with Gasteiger partial charge in [-0.15, -0.1) is 0 Å². The van der Waals surface area contributed by atoms with Crippen molar-refractivity contribution in [3.63, 3.8) is 0 Å². The summed E-state index contributed by atoms with van der Waals surface area (Å²) < 4.78 is 18.6. The predicted molar refractivity (Wildman–Crippen MR) is 71.5 cm³/mol. The van der Waals surface area contributed by atoms with Gasteiger partial charge in [-0.2, -0.15) is 0 Å². The lowest BCUT2D eigenvalue weighted by atomic mass is 10.2. The van der Waals surface area contributed by atoms with Crippen molar-refractivity contribution in [1.82, 2.24) is 5.32 Å². The molecular weight excluding hydrogens is 231 g/mol. The van der Waals surface area contributed by atoms with Gasteiger partial charge in [0, 0.05) is 39.0 Å². The minimum absolute atomic E-state index is 0.188. The minimum atomic E-state index is -0.188. The molecule has 1 heterocycles. The first-order valence-corrected chi connectivity index (χ1v) is 6.55. The Bertz CT molecular complexity index is 367. The lowest BCUT2D eigenvalue weighted by Crippen LogP contribution is -2.33. The first kappa shape index (κ1) is 13.3. The molecule has 1 aliphatic rings. The zero-order chi connectivity index (χ0) is 12.8. The molecule has 4 heteroatoms. The van der Waals surface area contributed by atoms with Crippen molar-refractivity contribution in [3.8, 4) is 0 Å². The van der Waals surface area contributed by atoms with Gasteiger partial charge in [-0.05, 0) is 31.0 Å². The van der Waals surface area contributed by atoms with E-state index in [-0.39, 0.29) is 5.82 Å². The number of ether oxygens (including phenoxy) is 1. The van der Waals surface area contributed by atoms with Crippen LogP contribution in [0.2, 0.25) is 0 Å². The van der Waals surface area contributed by atoms with E-state index in [9.17, 15) is 4.39 Å². The molecule has 2 rings (SSSR count). The van der Waals surface area contributed by atoms with Crippen LogP contribution >= 0.6 is 0 Å². The van der Waals surface area contributed by atoms with E-state index in [4.69, 9.17) is 4.74 Å². The van der Waals surface area contributed by atoms with Gasteiger partial charge in [0.15, 0.2) is 0 Å². The number of hydrogen-bond acceptors (Lipinski definition) is 3. The number of nitrogens with one attached hydrogen (secondary N) is 1. The second-order valence-electron chi connectivity index (χ2n) is 4.74. The average Bonchev–Trinajstić information content (AvgIpc) is 2.87. The van der Waals surface area contributed by atoms with Gasteiger partial charge in [-0.1, -0.05) is 6.07 Å². The first-order valence-electron chi connectivity index (χ1n) is 6.55. The molecule has 1 atom stereocenters. The molecule has 1 unspecified atom stereocenters. The van der Waals surface area contributed by atoms with Gasteiger partial charge in [0.25, 0.3) is 0 Å². The highest BCUT2D eigenvalue weighted by molar-refractivity contribution is 5.45. The summed E-state index contributed by atoms with van der Waals surface area (Å²) in [5, 5.41) is 3.38. The smallest absolute Gasteiger partial charge is 0.125 e. The summed E-state index contributed by atoms with van der Waals surface area (Å²) in [6.45, 7) is 3.55. The third-order valence-corrected chi connectivity index (χ3v) is 3.27. The molecule has 1 aromatic rings. The summed E-state index contributed by atoms with van der Waals surface area (Å²) in [6, 6.07) is 6.68. The molecule has 0 amide bonds. The maximum Gasteiger partial charge on any atom is 0.125 e. The second-order valence-corrected chi connectivity index (χ2v) is 4.74. The SMILES string of the molecule is CN(CCNCC1CCCO1)c1cccc(F)c1. The molecule has 1 N–H and O–H groups in total. The fraction of sp³-hybridized carbons (Fsp3) is 0.571. The topological polar surface area (TPSA) is 24.5 Å². The van der Waals surface area contributed by atoms with Gasteiger partial charge < -0.3 is 15.0 Å². The minimum Gasteiger partial charge on any atom is -0.377 e. The molecule has 1 fully saturated rings. The van der Waals surface area contributed by atoms with Gasteiger partial charge in [0.2, 0.25) is 0 Å². The van der Waals surface area contributed by atoms with Crippen molar-refractivity contribution in [1.29, 1.82) is 0 Å². The van der Waals surface area contributed by atoms with Crippen LogP contribution in [0, 0.1) is 5.82 Å². The van der Waals surface area contributed by atoms with Gasteiger partial charge in [-0.3, -0.25) is 0 Å². The second kappa shape index (κ2) is 6.71. The van der Waals surface area contributed by atoms with E-state index in [1.54, 1.807) is 12.1 Å². The molecule has 0 saturated carbocycles. The molecule has 0 spiro atoms. The molecule has 18 heavy (non-hydrogen) atoms. The van der Waals surface area contributed by atoms with E-state index in [0.717, 1.165) is 38.3 Å². The van der Waals surface area contributed by atoms with E-state index < -0.39 is 0 Å². The van der Waals surface area contributed by atoms with Crippen LogP contribution in [0.3, 0.4) is 0 Å². The van der Waals surface area contributed by atoms with Crippen molar-refractivity contribution < 1.29 is 9.13 Å².